The Kier molecular flexibility index (Phi) is 6.09. The lowest BCUT2D eigenvalue weighted by atomic mass is 9.96. The minimum Gasteiger partial charge on any atom is -0.391 e. The maximum atomic E-state index is 9.71. The third-order valence-electron chi connectivity index (χ3n) is 4.57. The Balaban J connectivity index is 0.00000176. The van der Waals surface area contributed by atoms with Crippen molar-refractivity contribution in [2.75, 3.05) is 26.2 Å². The van der Waals surface area contributed by atoms with Gasteiger partial charge in [0.15, 0.2) is 5.96 Å². The molecule has 1 heterocycles. The first-order valence-corrected chi connectivity index (χ1v) is 8.00. The van der Waals surface area contributed by atoms with Gasteiger partial charge in [0, 0.05) is 25.0 Å². The highest BCUT2D eigenvalue weighted by atomic mass is 127. The van der Waals surface area contributed by atoms with Crippen molar-refractivity contribution in [2.24, 2.45) is 4.99 Å². The minimum absolute atomic E-state index is 0. The molecule has 2 fully saturated rings. The molecule has 0 radical (unpaired) electrons. The molecule has 1 saturated carbocycles. The summed E-state index contributed by atoms with van der Waals surface area (Å²) >= 11 is 0. The number of likely N-dealkylation sites (tertiary alicyclic amines) is 1. The van der Waals surface area contributed by atoms with Crippen LogP contribution in [0.15, 0.2) is 35.3 Å². The summed E-state index contributed by atoms with van der Waals surface area (Å²) < 4.78 is 0. The highest BCUT2D eigenvalue weighted by molar-refractivity contribution is 14.0. The van der Waals surface area contributed by atoms with Gasteiger partial charge in [0.1, 0.15) is 0 Å². The zero-order valence-corrected chi connectivity index (χ0v) is 15.5. The van der Waals surface area contributed by atoms with Gasteiger partial charge in [0.2, 0.25) is 0 Å². The molecular weight excluding hydrogens is 389 g/mol. The van der Waals surface area contributed by atoms with Crippen LogP contribution in [0.3, 0.4) is 0 Å². The molecule has 122 valence electrons. The van der Waals surface area contributed by atoms with Gasteiger partial charge in [-0.15, -0.1) is 24.0 Å². The van der Waals surface area contributed by atoms with Gasteiger partial charge in [0.05, 0.1) is 12.6 Å². The first-order valence-electron chi connectivity index (χ1n) is 8.00. The van der Waals surface area contributed by atoms with Crippen LogP contribution in [0.2, 0.25) is 0 Å². The molecule has 2 aliphatic rings. The maximum Gasteiger partial charge on any atom is 0.194 e. The Hall–Kier alpha value is -0.820. The van der Waals surface area contributed by atoms with Gasteiger partial charge in [-0.1, -0.05) is 30.3 Å². The Bertz CT molecular complexity index is 502. The summed E-state index contributed by atoms with van der Waals surface area (Å²) in [7, 11) is 0. The fourth-order valence-electron chi connectivity index (χ4n) is 3.07. The van der Waals surface area contributed by atoms with Crippen molar-refractivity contribution in [3.63, 3.8) is 0 Å². The lowest BCUT2D eigenvalue weighted by molar-refractivity contribution is 0.188. The van der Waals surface area contributed by atoms with E-state index in [9.17, 15) is 5.11 Å². The first kappa shape index (κ1) is 17.5. The first-order chi connectivity index (χ1) is 10.2. The van der Waals surface area contributed by atoms with Gasteiger partial charge < -0.3 is 15.3 Å². The number of nitrogens with one attached hydrogen (secondary N) is 1. The second kappa shape index (κ2) is 7.64. The Labute approximate surface area is 150 Å². The van der Waals surface area contributed by atoms with Crippen molar-refractivity contribution >= 4 is 29.9 Å². The number of aliphatic hydroxyl groups excluding tert-OH is 1. The number of aliphatic hydroxyl groups is 1. The predicted octanol–water partition coefficient (Wildman–Crippen LogP) is 2.37. The molecule has 1 aliphatic carbocycles. The Morgan fingerprint density at radius 3 is 2.64 bits per heavy atom. The molecule has 4 nitrogen and oxygen atoms in total. The minimum atomic E-state index is -0.210. The maximum absolute atomic E-state index is 9.71. The second-order valence-corrected chi connectivity index (χ2v) is 6.21. The zero-order chi connectivity index (χ0) is 14.7. The van der Waals surface area contributed by atoms with Crippen LogP contribution in [0.1, 0.15) is 31.7 Å². The predicted molar refractivity (Wildman–Crippen MR) is 101 cm³/mol. The quantitative estimate of drug-likeness (QED) is 0.451. The monoisotopic (exact) mass is 415 g/mol. The van der Waals surface area contributed by atoms with E-state index in [1.165, 1.54) is 18.4 Å². The molecule has 0 bridgehead atoms. The molecule has 0 aromatic heterocycles. The van der Waals surface area contributed by atoms with Crippen LogP contribution in [0.25, 0.3) is 0 Å². The molecule has 1 aromatic carbocycles. The molecule has 0 unspecified atom stereocenters. The topological polar surface area (TPSA) is 47.9 Å². The van der Waals surface area contributed by atoms with Crippen molar-refractivity contribution in [3.05, 3.63) is 35.9 Å². The van der Waals surface area contributed by atoms with Gasteiger partial charge in [-0.25, -0.2) is 0 Å². The summed E-state index contributed by atoms with van der Waals surface area (Å²) in [5.41, 5.74) is 1.66. The van der Waals surface area contributed by atoms with Gasteiger partial charge in [0.25, 0.3) is 0 Å². The Morgan fingerprint density at radius 2 is 2.09 bits per heavy atom. The molecule has 3 rings (SSSR count). The smallest absolute Gasteiger partial charge is 0.194 e. The number of guanidine groups is 1. The molecule has 1 atom stereocenters. The summed E-state index contributed by atoms with van der Waals surface area (Å²) in [5.74, 6) is 0.955. The lowest BCUT2D eigenvalue weighted by Crippen LogP contribution is -2.41. The van der Waals surface area contributed by atoms with Crippen LogP contribution < -0.4 is 5.32 Å². The van der Waals surface area contributed by atoms with Gasteiger partial charge in [-0.3, -0.25) is 4.99 Å². The van der Waals surface area contributed by atoms with Gasteiger partial charge in [-0.05, 0) is 31.7 Å². The van der Waals surface area contributed by atoms with Gasteiger partial charge in [-0.2, -0.15) is 0 Å². The van der Waals surface area contributed by atoms with E-state index >= 15 is 0 Å². The summed E-state index contributed by atoms with van der Waals surface area (Å²) in [6.07, 6.45) is 3.08. The zero-order valence-electron chi connectivity index (χ0n) is 13.2. The van der Waals surface area contributed by atoms with E-state index in [2.05, 4.69) is 47.5 Å². The fourth-order valence-corrected chi connectivity index (χ4v) is 3.07. The number of nitrogens with zero attached hydrogens (tertiary/aromatic N) is 2. The number of halogens is 1. The number of benzene rings is 1. The highest BCUT2D eigenvalue weighted by Gasteiger charge is 2.44. The van der Waals surface area contributed by atoms with E-state index < -0.39 is 0 Å². The van der Waals surface area contributed by atoms with E-state index in [1.807, 2.05) is 0 Å². The number of rotatable bonds is 4. The summed E-state index contributed by atoms with van der Waals surface area (Å²) in [6, 6.07) is 10.7. The average Bonchev–Trinajstić information content (AvgIpc) is 3.19. The van der Waals surface area contributed by atoms with Crippen molar-refractivity contribution in [1.82, 2.24) is 10.2 Å². The highest BCUT2D eigenvalue weighted by Crippen LogP contribution is 2.48. The molecule has 1 aromatic rings. The fraction of sp³-hybridized carbons (Fsp3) is 0.588. The van der Waals surface area contributed by atoms with Crippen LogP contribution >= 0.6 is 24.0 Å². The summed E-state index contributed by atoms with van der Waals surface area (Å²) in [5, 5.41) is 13.1. The van der Waals surface area contributed by atoms with Crippen LogP contribution in [0.5, 0.6) is 0 Å². The molecule has 5 heteroatoms. The molecule has 0 spiro atoms. The van der Waals surface area contributed by atoms with Crippen LogP contribution in [-0.4, -0.2) is 48.2 Å². The third kappa shape index (κ3) is 3.93. The van der Waals surface area contributed by atoms with E-state index in [-0.39, 0.29) is 35.5 Å². The van der Waals surface area contributed by atoms with Gasteiger partial charge >= 0.3 is 0 Å². The number of aliphatic imine (C=N–C) groups is 1. The SMILES string of the molecule is CCNC(=NCC1(c2ccccc2)CC1)N1CC[C@@H](O)C1.I. The number of hydrogen-bond acceptors (Lipinski definition) is 2. The number of hydrogen-bond donors (Lipinski definition) is 2. The Morgan fingerprint density at radius 1 is 1.36 bits per heavy atom. The van der Waals surface area contributed by atoms with Crippen LogP contribution in [0, 0.1) is 0 Å². The van der Waals surface area contributed by atoms with E-state index in [4.69, 9.17) is 4.99 Å². The molecular formula is C17H26IN3O. The molecule has 0 amide bonds. The van der Waals surface area contributed by atoms with Crippen LogP contribution in [0.4, 0.5) is 0 Å². The van der Waals surface area contributed by atoms with E-state index in [0.717, 1.165) is 32.0 Å². The van der Waals surface area contributed by atoms with E-state index in [1.54, 1.807) is 0 Å². The molecule has 2 N–H and O–H groups in total. The lowest BCUT2D eigenvalue weighted by Gasteiger charge is -2.22. The van der Waals surface area contributed by atoms with Crippen molar-refractivity contribution in [2.45, 2.75) is 37.7 Å². The molecule has 22 heavy (non-hydrogen) atoms. The van der Waals surface area contributed by atoms with E-state index in [0.29, 0.717) is 6.54 Å². The van der Waals surface area contributed by atoms with Crippen molar-refractivity contribution in [1.29, 1.82) is 0 Å². The standard InChI is InChI=1S/C17H25N3O.HI/c1-2-18-16(20-11-8-15(21)12-20)19-13-17(9-10-17)14-6-4-3-5-7-14;/h3-7,15,21H,2,8-13H2,1H3,(H,18,19);1H/t15-;/m1./s1. The number of β-amino-alcohol motifs (C(OH)–C–C–N with tert-alkyl or cyclic N) is 1. The summed E-state index contributed by atoms with van der Waals surface area (Å²) in [4.78, 5) is 7.04. The molecule has 1 saturated heterocycles. The second-order valence-electron chi connectivity index (χ2n) is 6.21. The molecule has 1 aliphatic heterocycles. The van der Waals surface area contributed by atoms with Crippen LogP contribution in [-0.2, 0) is 5.41 Å². The third-order valence-corrected chi connectivity index (χ3v) is 4.57. The van der Waals surface area contributed by atoms with Crippen molar-refractivity contribution < 1.29 is 5.11 Å². The summed E-state index contributed by atoms with van der Waals surface area (Å²) in [6.45, 7) is 5.39. The van der Waals surface area contributed by atoms with Crippen molar-refractivity contribution in [3.8, 4) is 0 Å². The average molecular weight is 415 g/mol. The normalized spacial score (nSPS) is 23.1. The largest absolute Gasteiger partial charge is 0.391 e.